The van der Waals surface area contributed by atoms with Crippen molar-refractivity contribution in [3.8, 4) is 11.1 Å². The number of rotatable bonds is 8. The minimum Gasteiger partial charge on any atom is -0.508 e. The predicted molar refractivity (Wildman–Crippen MR) is 116 cm³/mol. The van der Waals surface area contributed by atoms with Crippen LogP contribution in [0.1, 0.15) is 29.3 Å². The van der Waals surface area contributed by atoms with Gasteiger partial charge in [-0.1, -0.05) is 43.0 Å². The van der Waals surface area contributed by atoms with E-state index in [0.717, 1.165) is 11.1 Å². The van der Waals surface area contributed by atoms with Gasteiger partial charge in [-0.25, -0.2) is 0 Å². The molecule has 0 spiro atoms. The third kappa shape index (κ3) is 6.81. The van der Waals surface area contributed by atoms with Gasteiger partial charge in [-0.15, -0.1) is 0 Å². The molecule has 5 nitrogen and oxygen atoms in total. The Balaban J connectivity index is 1.82. The number of aryl methyl sites for hydroxylation is 1. The lowest BCUT2D eigenvalue weighted by Gasteiger charge is -2.08. The fourth-order valence-corrected chi connectivity index (χ4v) is 2.66. The molecule has 0 atom stereocenters. The van der Waals surface area contributed by atoms with E-state index < -0.39 is 0 Å². The van der Waals surface area contributed by atoms with Crippen molar-refractivity contribution in [1.29, 1.82) is 0 Å². The van der Waals surface area contributed by atoms with Crippen LogP contribution < -0.4 is 10.6 Å². The molecule has 2 rings (SSSR count). The third-order valence-electron chi connectivity index (χ3n) is 4.29. The zero-order valence-corrected chi connectivity index (χ0v) is 16.7. The van der Waals surface area contributed by atoms with Gasteiger partial charge in [-0.2, -0.15) is 0 Å². The highest BCUT2D eigenvalue weighted by atomic mass is 16.3. The lowest BCUT2D eigenvalue weighted by atomic mass is 9.99. The zero-order valence-electron chi connectivity index (χ0n) is 16.7. The van der Waals surface area contributed by atoms with E-state index >= 15 is 0 Å². The number of allylic oxidation sites excluding steroid dienone is 3. The first kappa shape index (κ1) is 21.7. The molecule has 0 aliphatic rings. The van der Waals surface area contributed by atoms with E-state index in [0.29, 0.717) is 11.3 Å². The van der Waals surface area contributed by atoms with Crippen molar-refractivity contribution in [1.82, 2.24) is 10.6 Å². The Morgan fingerprint density at radius 1 is 1.07 bits per heavy atom. The maximum absolute atomic E-state index is 12.3. The fourth-order valence-electron chi connectivity index (χ4n) is 2.66. The number of carbonyl (C=O) groups excluding carboxylic acids is 2. The molecule has 2 aromatic carbocycles. The molecule has 2 aromatic rings. The van der Waals surface area contributed by atoms with Gasteiger partial charge in [0.15, 0.2) is 0 Å². The Labute approximate surface area is 171 Å². The van der Waals surface area contributed by atoms with Gasteiger partial charge in [0.25, 0.3) is 5.91 Å². The number of nitrogens with one attached hydrogen (secondary N) is 2. The van der Waals surface area contributed by atoms with Crippen LogP contribution in [-0.4, -0.2) is 23.5 Å². The first-order valence-corrected chi connectivity index (χ1v) is 9.37. The van der Waals surface area contributed by atoms with E-state index in [4.69, 9.17) is 0 Å². The highest BCUT2D eigenvalue weighted by Crippen LogP contribution is 2.23. The number of aliphatic hydroxyl groups excluding tert-OH is 1. The Kier molecular flexibility index (Phi) is 7.98. The summed E-state index contributed by atoms with van der Waals surface area (Å²) >= 11 is 0. The highest BCUT2D eigenvalue weighted by molar-refractivity contribution is 5.95. The normalized spacial score (nSPS) is 11.3. The van der Waals surface area contributed by atoms with Crippen molar-refractivity contribution < 1.29 is 14.7 Å². The van der Waals surface area contributed by atoms with E-state index in [2.05, 4.69) is 30.2 Å². The van der Waals surface area contributed by atoms with E-state index in [1.165, 1.54) is 23.8 Å². The van der Waals surface area contributed by atoms with Crippen LogP contribution in [0.2, 0.25) is 0 Å². The molecule has 3 N–H and O–H groups in total. The number of amides is 2. The van der Waals surface area contributed by atoms with E-state index in [9.17, 15) is 14.7 Å². The monoisotopic (exact) mass is 390 g/mol. The van der Waals surface area contributed by atoms with Gasteiger partial charge in [0.1, 0.15) is 5.76 Å². The SMILES string of the molecule is C=C(/C=C\C(O)=C/C)NC(=O)CCNC(=O)c1ccc(-c2ccccc2C)cc1. The van der Waals surface area contributed by atoms with Gasteiger partial charge >= 0.3 is 0 Å². The lowest BCUT2D eigenvalue weighted by Crippen LogP contribution is -2.30. The summed E-state index contributed by atoms with van der Waals surface area (Å²) in [5.74, 6) is -0.415. The van der Waals surface area contributed by atoms with Gasteiger partial charge in [0.05, 0.1) is 0 Å². The van der Waals surface area contributed by atoms with Gasteiger partial charge < -0.3 is 15.7 Å². The molecule has 0 saturated heterocycles. The molecule has 29 heavy (non-hydrogen) atoms. The van der Waals surface area contributed by atoms with Crippen LogP contribution in [0, 0.1) is 6.92 Å². The molecular weight excluding hydrogens is 364 g/mol. The van der Waals surface area contributed by atoms with Crippen LogP contribution in [0.15, 0.2) is 84.8 Å². The summed E-state index contributed by atoms with van der Waals surface area (Å²) in [6.45, 7) is 7.64. The minimum absolute atomic E-state index is 0.0844. The number of hydrogen-bond donors (Lipinski definition) is 3. The van der Waals surface area contributed by atoms with Gasteiger partial charge in [-0.05, 0) is 60.9 Å². The summed E-state index contributed by atoms with van der Waals surface area (Å²) in [7, 11) is 0. The maximum atomic E-state index is 12.3. The number of benzene rings is 2. The zero-order chi connectivity index (χ0) is 21.2. The molecule has 0 fully saturated rings. The van der Waals surface area contributed by atoms with Crippen LogP contribution >= 0.6 is 0 Å². The lowest BCUT2D eigenvalue weighted by molar-refractivity contribution is -0.120. The molecule has 0 bridgehead atoms. The molecule has 0 aliphatic carbocycles. The van der Waals surface area contributed by atoms with Crippen molar-refractivity contribution in [2.24, 2.45) is 0 Å². The number of carbonyl (C=O) groups is 2. The average molecular weight is 390 g/mol. The van der Waals surface area contributed by atoms with Crippen molar-refractivity contribution >= 4 is 11.8 Å². The molecule has 0 aliphatic heterocycles. The summed E-state index contributed by atoms with van der Waals surface area (Å²) in [6, 6.07) is 15.5. The van der Waals surface area contributed by atoms with E-state index in [-0.39, 0.29) is 30.5 Å². The molecule has 5 heteroatoms. The van der Waals surface area contributed by atoms with Crippen molar-refractivity contribution in [2.75, 3.05) is 6.54 Å². The quantitative estimate of drug-likeness (QED) is 0.461. The van der Waals surface area contributed by atoms with Crippen LogP contribution in [0.5, 0.6) is 0 Å². The van der Waals surface area contributed by atoms with Crippen molar-refractivity contribution in [3.05, 3.63) is 95.9 Å². The molecule has 2 amide bonds. The Bertz CT molecular complexity index is 941. The number of aliphatic hydroxyl groups is 1. The molecule has 0 heterocycles. The van der Waals surface area contributed by atoms with E-state index in [1.807, 2.05) is 30.3 Å². The van der Waals surface area contributed by atoms with Crippen LogP contribution in [0.25, 0.3) is 11.1 Å². The molecule has 0 unspecified atom stereocenters. The first-order chi connectivity index (χ1) is 13.9. The Morgan fingerprint density at radius 3 is 2.41 bits per heavy atom. The summed E-state index contributed by atoms with van der Waals surface area (Å²) < 4.78 is 0. The topological polar surface area (TPSA) is 78.4 Å². The summed E-state index contributed by atoms with van der Waals surface area (Å²) in [5.41, 5.74) is 4.26. The molecule has 0 radical (unpaired) electrons. The van der Waals surface area contributed by atoms with Crippen molar-refractivity contribution in [3.63, 3.8) is 0 Å². The molecule has 0 aromatic heterocycles. The average Bonchev–Trinajstić information content (AvgIpc) is 2.72. The van der Waals surface area contributed by atoms with Crippen LogP contribution in [0.3, 0.4) is 0 Å². The Morgan fingerprint density at radius 2 is 1.76 bits per heavy atom. The summed E-state index contributed by atoms with van der Waals surface area (Å²) in [5, 5.41) is 14.7. The largest absolute Gasteiger partial charge is 0.508 e. The Hall–Kier alpha value is -3.60. The molecule has 0 saturated carbocycles. The maximum Gasteiger partial charge on any atom is 0.251 e. The molecule has 150 valence electrons. The summed E-state index contributed by atoms with van der Waals surface area (Å²) in [4.78, 5) is 24.2. The second kappa shape index (κ2) is 10.7. The minimum atomic E-state index is -0.269. The highest BCUT2D eigenvalue weighted by Gasteiger charge is 2.08. The third-order valence-corrected chi connectivity index (χ3v) is 4.29. The second-order valence-electron chi connectivity index (χ2n) is 6.52. The molecular formula is C24H26N2O3. The van der Waals surface area contributed by atoms with Crippen LogP contribution in [0.4, 0.5) is 0 Å². The first-order valence-electron chi connectivity index (χ1n) is 9.37. The van der Waals surface area contributed by atoms with Crippen molar-refractivity contribution in [2.45, 2.75) is 20.3 Å². The van der Waals surface area contributed by atoms with Crippen LogP contribution in [-0.2, 0) is 4.79 Å². The second-order valence-corrected chi connectivity index (χ2v) is 6.52. The summed E-state index contributed by atoms with van der Waals surface area (Å²) in [6.07, 6.45) is 4.58. The standard InChI is InChI=1S/C24H26N2O3/c1-4-21(27)14-9-18(3)26-23(28)15-16-25-24(29)20-12-10-19(11-13-20)22-8-6-5-7-17(22)2/h4-14,27H,3,15-16H2,1-2H3,(H,25,29)(H,26,28)/b14-9-,21-4+. The fraction of sp³-hybridized carbons (Fsp3) is 0.167. The van der Waals surface area contributed by atoms with Gasteiger partial charge in [0.2, 0.25) is 5.91 Å². The van der Waals surface area contributed by atoms with Gasteiger partial charge in [-0.3, -0.25) is 9.59 Å². The predicted octanol–water partition coefficient (Wildman–Crippen LogP) is 4.43. The van der Waals surface area contributed by atoms with E-state index in [1.54, 1.807) is 19.1 Å². The van der Waals surface area contributed by atoms with Gasteiger partial charge in [0, 0.05) is 24.2 Å². The smallest absolute Gasteiger partial charge is 0.251 e. The number of hydrogen-bond acceptors (Lipinski definition) is 3.